The van der Waals surface area contributed by atoms with Gasteiger partial charge in [0.25, 0.3) is 0 Å². The molecular formula is C52H52P4RhS2+4. The van der Waals surface area contributed by atoms with Crippen molar-refractivity contribution in [1.29, 1.82) is 0 Å². The van der Waals surface area contributed by atoms with Gasteiger partial charge in [0.2, 0.25) is 0 Å². The van der Waals surface area contributed by atoms with Gasteiger partial charge in [0.1, 0.15) is 24.6 Å². The molecule has 0 amide bonds. The molecule has 0 N–H and O–H groups in total. The number of rotatable bonds is 14. The molecule has 0 aromatic heterocycles. The number of hydrogen-bond donors (Lipinski definition) is 0. The first-order valence-electron chi connectivity index (χ1n) is 19.9. The van der Waals surface area contributed by atoms with Crippen molar-refractivity contribution in [3.05, 3.63) is 243 Å². The van der Waals surface area contributed by atoms with Crippen LogP contribution in [-0.4, -0.2) is 24.6 Å². The summed E-state index contributed by atoms with van der Waals surface area (Å²) in [6.07, 6.45) is 5.04. The standard InChI is InChI=1S/2C26H24P2.Rh.S2/c2*1-5-13-23(14-6-1)27(24-15-7-2-8-16-24)21-22-28(25-17-9-3-10-18-25)26-19-11-4-12-20-26;;1-2/h2*1-20H,21-22H2;;/q;;+2;-2/p+4. The van der Waals surface area contributed by atoms with Gasteiger partial charge < -0.3 is 23.3 Å². The van der Waals surface area contributed by atoms with E-state index in [0.717, 1.165) is 0 Å². The topological polar surface area (TPSA) is 0 Å². The Hall–Kier alpha value is -3.20. The van der Waals surface area contributed by atoms with Gasteiger partial charge in [-0.25, -0.2) is 0 Å². The molecule has 0 atom stereocenters. The van der Waals surface area contributed by atoms with Crippen molar-refractivity contribution < 1.29 is 19.5 Å². The molecule has 0 aliphatic rings. The van der Waals surface area contributed by atoms with Crippen molar-refractivity contribution in [2.24, 2.45) is 0 Å². The van der Waals surface area contributed by atoms with Gasteiger partial charge in [0.15, 0.2) is 0 Å². The van der Waals surface area contributed by atoms with Crippen LogP contribution in [0.1, 0.15) is 0 Å². The van der Waals surface area contributed by atoms with E-state index in [9.17, 15) is 0 Å². The Morgan fingerprint density at radius 2 is 0.305 bits per heavy atom. The fraction of sp³-hybridized carbons (Fsp3) is 0.0769. The molecule has 0 fully saturated rings. The van der Waals surface area contributed by atoms with Crippen LogP contribution in [0.4, 0.5) is 0 Å². The van der Waals surface area contributed by atoms with Crippen molar-refractivity contribution in [2.45, 2.75) is 0 Å². The van der Waals surface area contributed by atoms with Crippen molar-refractivity contribution >= 4 is 97.4 Å². The van der Waals surface area contributed by atoms with Crippen LogP contribution in [0, 0.1) is 0 Å². The second-order valence-corrected chi connectivity index (χ2v) is 24.3. The fourth-order valence-electron chi connectivity index (χ4n) is 7.44. The van der Waals surface area contributed by atoms with Crippen LogP contribution in [0.3, 0.4) is 0 Å². The maximum atomic E-state index is 3.67. The number of hydrogen-bond acceptors (Lipinski definition) is 2. The van der Waals surface area contributed by atoms with Gasteiger partial charge >= 0.3 is 19.5 Å². The zero-order valence-electron chi connectivity index (χ0n) is 33.1. The average Bonchev–Trinajstić information content (AvgIpc) is 3.32. The predicted molar refractivity (Wildman–Crippen MR) is 276 cm³/mol. The molecule has 0 nitrogen and oxygen atoms in total. The molecule has 0 unspecified atom stereocenters. The third kappa shape index (κ3) is 14.5. The van der Waals surface area contributed by atoms with E-state index in [4.69, 9.17) is 0 Å². The summed E-state index contributed by atoms with van der Waals surface area (Å²) < 4.78 is 0. The summed E-state index contributed by atoms with van der Waals surface area (Å²) in [4.78, 5) is 0. The zero-order valence-corrected chi connectivity index (χ0v) is 40.3. The maximum Gasteiger partial charge on any atom is 2.00 e. The summed E-state index contributed by atoms with van der Waals surface area (Å²) in [6.45, 7) is 0. The quantitative estimate of drug-likeness (QED) is 0.0462. The van der Waals surface area contributed by atoms with Gasteiger partial charge in [0, 0.05) is 0 Å². The molecule has 0 saturated carbocycles. The van der Waals surface area contributed by atoms with Gasteiger partial charge in [-0.15, -0.1) is 0 Å². The van der Waals surface area contributed by atoms with Crippen LogP contribution in [-0.2, 0) is 42.8 Å². The Labute approximate surface area is 381 Å². The van der Waals surface area contributed by atoms with Crippen LogP contribution in [0.15, 0.2) is 243 Å². The van der Waals surface area contributed by atoms with Crippen LogP contribution in [0.25, 0.3) is 0 Å². The molecule has 8 aromatic rings. The molecule has 0 aliphatic carbocycles. The van der Waals surface area contributed by atoms with Crippen LogP contribution >= 0.6 is 31.7 Å². The minimum absolute atomic E-state index is 0. The van der Waals surface area contributed by atoms with Gasteiger partial charge in [-0.1, -0.05) is 146 Å². The van der Waals surface area contributed by atoms with Crippen molar-refractivity contribution in [3.63, 3.8) is 0 Å². The first-order valence-corrected chi connectivity index (χ1v) is 28.0. The molecule has 0 heterocycles. The van der Waals surface area contributed by atoms with E-state index in [1.165, 1.54) is 67.1 Å². The first kappa shape index (κ1) is 46.9. The average molecular weight is 968 g/mol. The molecule has 0 aliphatic heterocycles. The minimum Gasteiger partial charge on any atom is -1.00 e. The summed E-state index contributed by atoms with van der Waals surface area (Å²) in [5.41, 5.74) is 0. The van der Waals surface area contributed by atoms with E-state index >= 15 is 0 Å². The largest absolute Gasteiger partial charge is 2.00 e. The Morgan fingerprint density at radius 3 is 0.407 bits per heavy atom. The van der Waals surface area contributed by atoms with Gasteiger partial charge in [0.05, 0.1) is 74.1 Å². The van der Waals surface area contributed by atoms with Gasteiger partial charge in [-0.3, -0.25) is 0 Å². The van der Waals surface area contributed by atoms with Crippen LogP contribution < -0.4 is 42.4 Å². The molecular weight excluding hydrogens is 916 g/mol. The van der Waals surface area contributed by atoms with Gasteiger partial charge in [-0.05, 0) is 97.1 Å². The Balaban J connectivity index is 0.000000212. The molecule has 1 radical (unpaired) electrons. The summed E-state index contributed by atoms with van der Waals surface area (Å²) in [5, 5.41) is 12.1. The van der Waals surface area contributed by atoms with Crippen molar-refractivity contribution in [2.75, 3.05) is 24.6 Å². The van der Waals surface area contributed by atoms with E-state index in [-0.39, 0.29) is 19.5 Å². The summed E-state index contributed by atoms with van der Waals surface area (Å²) in [5.74, 6) is 0. The number of benzene rings is 8. The molecule has 297 valence electrons. The molecule has 0 bridgehead atoms. The molecule has 0 saturated heterocycles. The molecule has 8 rings (SSSR count). The van der Waals surface area contributed by atoms with Gasteiger partial charge in [-0.2, -0.15) is 0 Å². The minimum atomic E-state index is -0.783. The van der Waals surface area contributed by atoms with Crippen LogP contribution in [0.2, 0.25) is 0 Å². The molecule has 7 heteroatoms. The van der Waals surface area contributed by atoms with E-state index in [0.29, 0.717) is 0 Å². The van der Waals surface area contributed by atoms with Crippen LogP contribution in [0.5, 0.6) is 0 Å². The van der Waals surface area contributed by atoms with E-state index < -0.39 is 31.7 Å². The Morgan fingerprint density at radius 1 is 0.203 bits per heavy atom. The summed E-state index contributed by atoms with van der Waals surface area (Å²) >= 11 is 7.33. The first-order chi connectivity index (χ1) is 28.8. The SMILES string of the molecule is [Rh+2].[S-][S-].c1ccc([PH+](CC[PH+](c2ccccc2)c2ccccc2)c2ccccc2)cc1.c1ccc([PH+](CC[PH+](c2ccccc2)c2ccccc2)c2ccccc2)cc1. The van der Waals surface area contributed by atoms with E-state index in [1.807, 2.05) is 0 Å². The monoisotopic (exact) mass is 967 g/mol. The normalized spacial score (nSPS) is 10.6. The predicted octanol–water partition coefficient (Wildman–Crippen LogP) is 9.43. The van der Waals surface area contributed by atoms with E-state index in [1.54, 1.807) is 0 Å². The van der Waals surface area contributed by atoms with Crippen molar-refractivity contribution in [1.82, 2.24) is 0 Å². The second kappa shape index (κ2) is 26.9. The fourth-order valence-corrected chi connectivity index (χ4v) is 19.8. The smallest absolute Gasteiger partial charge is 1.00 e. The summed E-state index contributed by atoms with van der Waals surface area (Å²) in [6, 6.07) is 89.0. The van der Waals surface area contributed by atoms with Crippen molar-refractivity contribution in [3.8, 4) is 0 Å². The zero-order chi connectivity index (χ0) is 40.0. The third-order valence-corrected chi connectivity index (χ3v) is 22.5. The second-order valence-electron chi connectivity index (χ2n) is 13.8. The van der Waals surface area contributed by atoms with E-state index in [2.05, 4.69) is 266 Å². The third-order valence-electron chi connectivity index (χ3n) is 10.2. The maximum absolute atomic E-state index is 3.67. The Kier molecular flexibility index (Phi) is 21.4. The Bertz CT molecular complexity index is 1770. The molecule has 59 heavy (non-hydrogen) atoms. The summed E-state index contributed by atoms with van der Waals surface area (Å²) in [7, 11) is -3.13. The molecule has 0 spiro atoms. The molecule has 8 aromatic carbocycles.